The minimum atomic E-state index is -0.271. The summed E-state index contributed by atoms with van der Waals surface area (Å²) < 4.78 is 0. The highest BCUT2D eigenvalue weighted by Gasteiger charge is 2.30. The van der Waals surface area contributed by atoms with Crippen molar-refractivity contribution in [3.8, 4) is 0 Å². The van der Waals surface area contributed by atoms with Gasteiger partial charge in [0, 0.05) is 24.1 Å². The lowest BCUT2D eigenvalue weighted by Crippen LogP contribution is -2.38. The van der Waals surface area contributed by atoms with Gasteiger partial charge in [-0.25, -0.2) is 0 Å². The molecule has 0 aliphatic carbocycles. The Morgan fingerprint density at radius 3 is 2.19 bits per heavy atom. The van der Waals surface area contributed by atoms with Crippen molar-refractivity contribution >= 4 is 56.5 Å². The average molecular weight is 442 g/mol. The molecule has 0 aromatic heterocycles. The molecule has 6 heteroatoms. The normalized spacial score (nSPS) is 18.0. The number of rotatable bonds is 4. The maximum absolute atomic E-state index is 12.9. The van der Waals surface area contributed by atoms with Crippen LogP contribution in [0.1, 0.15) is 17.9 Å². The number of carbonyl (C=O) groups is 2. The summed E-state index contributed by atoms with van der Waals surface area (Å²) >= 11 is 1.71. The molecule has 1 aliphatic rings. The van der Waals surface area contributed by atoms with Crippen molar-refractivity contribution in [2.75, 3.05) is 16.4 Å². The number of thioether (sulfide) groups is 1. The van der Waals surface area contributed by atoms with E-state index < -0.39 is 0 Å². The Morgan fingerprint density at radius 2 is 1.47 bits per heavy atom. The monoisotopic (exact) mass is 441 g/mol. The predicted molar refractivity (Wildman–Crippen MR) is 133 cm³/mol. The fourth-order valence-corrected chi connectivity index (χ4v) is 5.25. The zero-order valence-electron chi connectivity index (χ0n) is 17.6. The molecule has 4 aromatic carbocycles. The van der Waals surface area contributed by atoms with E-state index in [1.807, 2.05) is 54.6 Å². The van der Waals surface area contributed by atoms with Gasteiger partial charge in [-0.1, -0.05) is 42.5 Å². The largest absolute Gasteiger partial charge is 0.326 e. The van der Waals surface area contributed by atoms with Gasteiger partial charge in [-0.05, 0) is 63.5 Å². The summed E-state index contributed by atoms with van der Waals surface area (Å²) in [6, 6.07) is 26.1. The lowest BCUT2D eigenvalue weighted by Gasteiger charge is -2.15. The molecule has 4 aromatic rings. The number of anilines is 2. The molecule has 1 unspecified atom stereocenters. The second-order valence-corrected chi connectivity index (χ2v) is 9.12. The van der Waals surface area contributed by atoms with Crippen LogP contribution in [0.25, 0.3) is 21.5 Å². The van der Waals surface area contributed by atoms with Gasteiger partial charge in [-0.15, -0.1) is 11.8 Å². The molecule has 1 fully saturated rings. The van der Waals surface area contributed by atoms with Crippen LogP contribution < -0.4 is 16.0 Å². The van der Waals surface area contributed by atoms with Gasteiger partial charge in [-0.2, -0.15) is 0 Å². The smallest absolute Gasteiger partial charge is 0.242 e. The van der Waals surface area contributed by atoms with Crippen molar-refractivity contribution in [3.05, 3.63) is 84.4 Å². The summed E-state index contributed by atoms with van der Waals surface area (Å²) in [5, 5.41) is 13.9. The molecule has 5 rings (SSSR count). The quantitative estimate of drug-likeness (QED) is 0.376. The Morgan fingerprint density at radius 1 is 0.812 bits per heavy atom. The first-order chi connectivity index (χ1) is 15.5. The van der Waals surface area contributed by atoms with Crippen LogP contribution in [0.2, 0.25) is 0 Å². The third-order valence-corrected chi connectivity index (χ3v) is 6.87. The van der Waals surface area contributed by atoms with Crippen molar-refractivity contribution in [1.29, 1.82) is 0 Å². The molecule has 160 valence electrons. The summed E-state index contributed by atoms with van der Waals surface area (Å²) in [6.45, 7) is 1.49. The first kappa shape index (κ1) is 20.5. The van der Waals surface area contributed by atoms with Crippen molar-refractivity contribution in [3.63, 3.8) is 0 Å². The van der Waals surface area contributed by atoms with E-state index in [-0.39, 0.29) is 23.2 Å². The molecule has 0 bridgehead atoms. The lowest BCUT2D eigenvalue weighted by atomic mass is 10.0. The number of benzene rings is 4. The summed E-state index contributed by atoms with van der Waals surface area (Å²) in [4.78, 5) is 24.1. The van der Waals surface area contributed by atoms with E-state index in [2.05, 4.69) is 40.2 Å². The van der Waals surface area contributed by atoms with Crippen LogP contribution in [0.15, 0.2) is 78.9 Å². The van der Waals surface area contributed by atoms with Gasteiger partial charge >= 0.3 is 0 Å². The second kappa shape index (κ2) is 8.65. The third-order valence-electron chi connectivity index (χ3n) is 5.60. The van der Waals surface area contributed by atoms with Gasteiger partial charge in [0.15, 0.2) is 0 Å². The van der Waals surface area contributed by atoms with Crippen LogP contribution in [0.5, 0.6) is 0 Å². The Balaban J connectivity index is 1.26. The minimum absolute atomic E-state index is 0.0324. The van der Waals surface area contributed by atoms with E-state index in [9.17, 15) is 9.59 Å². The highest BCUT2D eigenvalue weighted by Crippen LogP contribution is 2.34. The Hall–Kier alpha value is -3.35. The number of nitrogens with one attached hydrogen (secondary N) is 3. The molecule has 5 nitrogen and oxygen atoms in total. The van der Waals surface area contributed by atoms with Gasteiger partial charge < -0.3 is 10.6 Å². The Kier molecular flexibility index (Phi) is 5.55. The molecule has 2 amide bonds. The Labute approximate surface area is 190 Å². The maximum atomic E-state index is 12.9. The zero-order valence-corrected chi connectivity index (χ0v) is 18.4. The molecule has 2 atom stereocenters. The van der Waals surface area contributed by atoms with E-state index in [0.29, 0.717) is 5.75 Å². The SMILES string of the molecule is CC(=O)Nc1ccc(C2N[C@H](C(=O)Nc3ccc4cc5ccccc5cc4c3)CS2)cc1. The summed E-state index contributed by atoms with van der Waals surface area (Å²) in [5.41, 5.74) is 2.65. The number of carbonyl (C=O) groups excluding carboxylic acids is 2. The maximum Gasteiger partial charge on any atom is 0.242 e. The second-order valence-electron chi connectivity index (χ2n) is 7.99. The van der Waals surface area contributed by atoms with E-state index in [1.165, 1.54) is 17.7 Å². The van der Waals surface area contributed by atoms with E-state index in [4.69, 9.17) is 0 Å². The molecule has 1 heterocycles. The molecular formula is C26H23N3O2S. The molecule has 0 saturated carbocycles. The van der Waals surface area contributed by atoms with Crippen LogP contribution in [0.3, 0.4) is 0 Å². The standard InChI is InChI=1S/C26H23N3O2S/c1-16(30)27-22-9-6-17(7-10-22)26-29-24(15-32-26)25(31)28-23-11-8-20-12-18-4-2-3-5-19(18)13-21(20)14-23/h2-14,24,26,29H,15H2,1H3,(H,27,30)(H,28,31)/t24-,26?/m0/s1. The van der Waals surface area contributed by atoms with Crippen molar-refractivity contribution in [2.24, 2.45) is 0 Å². The molecule has 32 heavy (non-hydrogen) atoms. The highest BCUT2D eigenvalue weighted by molar-refractivity contribution is 7.99. The number of hydrogen-bond donors (Lipinski definition) is 3. The van der Waals surface area contributed by atoms with Crippen LogP contribution in [0.4, 0.5) is 11.4 Å². The molecule has 1 aliphatic heterocycles. The topological polar surface area (TPSA) is 70.2 Å². The predicted octanol–water partition coefficient (Wildman–Crippen LogP) is 5.29. The highest BCUT2D eigenvalue weighted by atomic mass is 32.2. The van der Waals surface area contributed by atoms with Crippen LogP contribution in [-0.2, 0) is 9.59 Å². The third kappa shape index (κ3) is 4.33. The number of fused-ring (bicyclic) bond motifs is 2. The number of amides is 2. The van der Waals surface area contributed by atoms with Crippen molar-refractivity contribution in [1.82, 2.24) is 5.32 Å². The van der Waals surface area contributed by atoms with Crippen LogP contribution in [0, 0.1) is 0 Å². The molecule has 3 N–H and O–H groups in total. The van der Waals surface area contributed by atoms with Gasteiger partial charge in [0.25, 0.3) is 0 Å². The molecular weight excluding hydrogens is 418 g/mol. The van der Waals surface area contributed by atoms with Crippen molar-refractivity contribution < 1.29 is 9.59 Å². The zero-order chi connectivity index (χ0) is 22.1. The van der Waals surface area contributed by atoms with Crippen molar-refractivity contribution in [2.45, 2.75) is 18.3 Å². The first-order valence-electron chi connectivity index (χ1n) is 10.5. The average Bonchev–Trinajstić information content (AvgIpc) is 3.28. The molecule has 0 radical (unpaired) electrons. The van der Waals surface area contributed by atoms with Gasteiger partial charge in [0.1, 0.15) is 0 Å². The lowest BCUT2D eigenvalue weighted by molar-refractivity contribution is -0.117. The summed E-state index contributed by atoms with van der Waals surface area (Å²) in [7, 11) is 0. The van der Waals surface area contributed by atoms with Gasteiger partial charge in [0.05, 0.1) is 11.4 Å². The molecule has 0 spiro atoms. The first-order valence-corrected chi connectivity index (χ1v) is 11.6. The molecule has 1 saturated heterocycles. The van der Waals surface area contributed by atoms with E-state index in [0.717, 1.165) is 27.7 Å². The summed E-state index contributed by atoms with van der Waals surface area (Å²) in [6.07, 6.45) is 0. The van der Waals surface area contributed by atoms with E-state index >= 15 is 0 Å². The van der Waals surface area contributed by atoms with Crippen LogP contribution in [-0.4, -0.2) is 23.6 Å². The van der Waals surface area contributed by atoms with E-state index in [1.54, 1.807) is 11.8 Å². The number of hydrogen-bond acceptors (Lipinski definition) is 4. The van der Waals surface area contributed by atoms with Gasteiger partial charge in [-0.3, -0.25) is 14.9 Å². The minimum Gasteiger partial charge on any atom is -0.326 e. The van der Waals surface area contributed by atoms with Gasteiger partial charge in [0.2, 0.25) is 11.8 Å². The fourth-order valence-electron chi connectivity index (χ4n) is 4.01. The fraction of sp³-hybridized carbons (Fsp3) is 0.154. The van der Waals surface area contributed by atoms with Crippen LogP contribution >= 0.6 is 11.8 Å². The summed E-state index contributed by atoms with van der Waals surface area (Å²) in [5.74, 6) is 0.571. The Bertz CT molecular complexity index is 1320.